The molecule has 1 aromatic heterocycles. The number of nitrogens with zero attached hydrogens (tertiary/aromatic N) is 2. The lowest BCUT2D eigenvalue weighted by atomic mass is 10.1. The van der Waals surface area contributed by atoms with Crippen molar-refractivity contribution in [1.82, 2.24) is 9.88 Å². The second kappa shape index (κ2) is 6.17. The Morgan fingerprint density at radius 2 is 2.05 bits per heavy atom. The number of benzene rings is 1. The number of hydrogen-bond acceptors (Lipinski definition) is 4. The molecule has 0 amide bonds. The van der Waals surface area contributed by atoms with Crippen LogP contribution < -0.4 is 0 Å². The lowest BCUT2D eigenvalue weighted by Gasteiger charge is -2.25. The van der Waals surface area contributed by atoms with Crippen LogP contribution in [0.1, 0.15) is 9.88 Å². The van der Waals surface area contributed by atoms with Gasteiger partial charge in [0.1, 0.15) is 16.6 Å². The molecular weight excluding hydrogens is 294 g/mol. The zero-order valence-corrected chi connectivity index (χ0v) is 12.6. The Hall–Kier alpha value is -1.37. The third-order valence-corrected chi connectivity index (χ3v) is 4.44. The van der Waals surface area contributed by atoms with Gasteiger partial charge in [-0.3, -0.25) is 4.90 Å². The molecule has 0 unspecified atom stereocenters. The summed E-state index contributed by atoms with van der Waals surface area (Å²) in [6, 6.07) is 3.47. The van der Waals surface area contributed by atoms with Gasteiger partial charge in [0.05, 0.1) is 25.5 Å². The Morgan fingerprint density at radius 3 is 2.81 bits per heavy atom. The summed E-state index contributed by atoms with van der Waals surface area (Å²) in [5.74, 6) is -0.892. The van der Waals surface area contributed by atoms with Crippen molar-refractivity contribution in [3.63, 3.8) is 0 Å². The van der Waals surface area contributed by atoms with Gasteiger partial charge in [0.15, 0.2) is 0 Å². The summed E-state index contributed by atoms with van der Waals surface area (Å²) in [6.45, 7) is 5.84. The van der Waals surface area contributed by atoms with E-state index in [9.17, 15) is 8.78 Å². The van der Waals surface area contributed by atoms with E-state index >= 15 is 0 Å². The van der Waals surface area contributed by atoms with Crippen LogP contribution in [0.15, 0.2) is 18.2 Å². The quantitative estimate of drug-likeness (QED) is 0.870. The van der Waals surface area contributed by atoms with Gasteiger partial charge in [-0.1, -0.05) is 0 Å². The Labute approximate surface area is 126 Å². The standard InChI is InChI=1S/C15H16F2N2OS/c1-10-15(12-8-11(16)2-3-13(12)17)18-14(21-10)9-19-4-6-20-7-5-19/h2-3,8H,4-7,9H2,1H3. The minimum absolute atomic E-state index is 0.233. The average Bonchev–Trinajstić information content (AvgIpc) is 2.83. The molecule has 112 valence electrons. The van der Waals surface area contributed by atoms with E-state index in [4.69, 9.17) is 4.74 Å². The maximum absolute atomic E-state index is 13.9. The zero-order chi connectivity index (χ0) is 14.8. The lowest BCUT2D eigenvalue weighted by molar-refractivity contribution is 0.0342. The normalized spacial score (nSPS) is 16.3. The summed E-state index contributed by atoms with van der Waals surface area (Å²) >= 11 is 1.53. The number of thiazole rings is 1. The number of hydrogen-bond donors (Lipinski definition) is 0. The van der Waals surface area contributed by atoms with Gasteiger partial charge in [0, 0.05) is 23.5 Å². The van der Waals surface area contributed by atoms with Crippen molar-refractivity contribution in [3.05, 3.63) is 39.7 Å². The van der Waals surface area contributed by atoms with Gasteiger partial charge in [-0.15, -0.1) is 11.3 Å². The van der Waals surface area contributed by atoms with Crippen LogP contribution in [0.25, 0.3) is 11.3 Å². The molecule has 3 nitrogen and oxygen atoms in total. The zero-order valence-electron chi connectivity index (χ0n) is 11.7. The predicted molar refractivity (Wildman–Crippen MR) is 78.3 cm³/mol. The van der Waals surface area contributed by atoms with Crippen LogP contribution in [0.2, 0.25) is 0 Å². The largest absolute Gasteiger partial charge is 0.379 e. The fraction of sp³-hybridized carbons (Fsp3) is 0.400. The van der Waals surface area contributed by atoms with Crippen molar-refractivity contribution in [3.8, 4) is 11.3 Å². The molecule has 0 saturated carbocycles. The molecule has 0 atom stereocenters. The van der Waals surface area contributed by atoms with Crippen LogP contribution in [0.5, 0.6) is 0 Å². The van der Waals surface area contributed by atoms with E-state index in [0.717, 1.165) is 54.9 Å². The number of halogens is 2. The predicted octanol–water partition coefficient (Wildman–Crippen LogP) is 3.23. The highest BCUT2D eigenvalue weighted by molar-refractivity contribution is 7.12. The van der Waals surface area contributed by atoms with Crippen molar-refractivity contribution < 1.29 is 13.5 Å². The number of aryl methyl sites for hydroxylation is 1. The molecular formula is C15H16F2N2OS. The van der Waals surface area contributed by atoms with Crippen LogP contribution in [0, 0.1) is 18.6 Å². The first-order valence-corrected chi connectivity index (χ1v) is 7.67. The first kappa shape index (κ1) is 14.6. The van der Waals surface area contributed by atoms with Crippen molar-refractivity contribution >= 4 is 11.3 Å². The molecule has 2 aromatic rings. The average molecular weight is 310 g/mol. The maximum Gasteiger partial charge on any atom is 0.132 e. The van der Waals surface area contributed by atoms with Crippen LogP contribution in [-0.2, 0) is 11.3 Å². The highest BCUT2D eigenvalue weighted by Gasteiger charge is 2.17. The molecule has 2 heterocycles. The molecule has 1 fully saturated rings. The fourth-order valence-corrected chi connectivity index (χ4v) is 3.39. The summed E-state index contributed by atoms with van der Waals surface area (Å²) in [4.78, 5) is 7.67. The molecule has 3 rings (SSSR count). The summed E-state index contributed by atoms with van der Waals surface area (Å²) < 4.78 is 32.5. The monoisotopic (exact) mass is 310 g/mol. The molecule has 1 aromatic carbocycles. The molecule has 6 heteroatoms. The van der Waals surface area contributed by atoms with Gasteiger partial charge in [0.2, 0.25) is 0 Å². The van der Waals surface area contributed by atoms with Crippen LogP contribution in [-0.4, -0.2) is 36.2 Å². The van der Waals surface area contributed by atoms with Gasteiger partial charge in [-0.25, -0.2) is 13.8 Å². The minimum Gasteiger partial charge on any atom is -0.379 e. The summed E-state index contributed by atoms with van der Waals surface area (Å²) in [5.41, 5.74) is 0.775. The van der Waals surface area contributed by atoms with Crippen LogP contribution in [0.4, 0.5) is 8.78 Å². The van der Waals surface area contributed by atoms with Crippen LogP contribution >= 0.6 is 11.3 Å². The molecule has 0 spiro atoms. The van der Waals surface area contributed by atoms with E-state index < -0.39 is 11.6 Å². The first-order valence-electron chi connectivity index (χ1n) is 6.85. The molecule has 21 heavy (non-hydrogen) atoms. The van der Waals surface area contributed by atoms with Gasteiger partial charge < -0.3 is 4.74 Å². The summed E-state index contributed by atoms with van der Waals surface area (Å²) in [6.07, 6.45) is 0. The van der Waals surface area contributed by atoms with Crippen molar-refractivity contribution in [1.29, 1.82) is 0 Å². The van der Waals surface area contributed by atoms with E-state index in [1.807, 2.05) is 6.92 Å². The van der Waals surface area contributed by atoms with Crippen molar-refractivity contribution in [2.75, 3.05) is 26.3 Å². The molecule has 1 aliphatic rings. The van der Waals surface area contributed by atoms with E-state index in [0.29, 0.717) is 5.69 Å². The second-order valence-corrected chi connectivity index (χ2v) is 6.31. The highest BCUT2D eigenvalue weighted by atomic mass is 32.1. The minimum atomic E-state index is -0.450. The van der Waals surface area contributed by atoms with E-state index in [1.165, 1.54) is 17.4 Å². The fourth-order valence-electron chi connectivity index (χ4n) is 2.40. The smallest absolute Gasteiger partial charge is 0.132 e. The number of morpholine rings is 1. The number of aromatic nitrogens is 1. The van der Waals surface area contributed by atoms with E-state index in [1.54, 1.807) is 0 Å². The Balaban J connectivity index is 1.85. The molecule has 0 radical (unpaired) electrons. The van der Waals surface area contributed by atoms with Gasteiger partial charge in [0.25, 0.3) is 0 Å². The third-order valence-electron chi connectivity index (χ3n) is 3.49. The Kier molecular flexibility index (Phi) is 4.28. The van der Waals surface area contributed by atoms with Gasteiger partial charge in [-0.2, -0.15) is 0 Å². The van der Waals surface area contributed by atoms with E-state index in [-0.39, 0.29) is 5.56 Å². The maximum atomic E-state index is 13.9. The van der Waals surface area contributed by atoms with Crippen molar-refractivity contribution in [2.45, 2.75) is 13.5 Å². The number of ether oxygens (including phenoxy) is 1. The van der Waals surface area contributed by atoms with Crippen molar-refractivity contribution in [2.24, 2.45) is 0 Å². The topological polar surface area (TPSA) is 25.4 Å². The lowest BCUT2D eigenvalue weighted by Crippen LogP contribution is -2.35. The molecule has 0 N–H and O–H groups in total. The van der Waals surface area contributed by atoms with Gasteiger partial charge >= 0.3 is 0 Å². The summed E-state index contributed by atoms with van der Waals surface area (Å²) in [5, 5.41) is 0.924. The third kappa shape index (κ3) is 3.28. The molecule has 1 saturated heterocycles. The summed E-state index contributed by atoms with van der Waals surface area (Å²) in [7, 11) is 0. The van der Waals surface area contributed by atoms with Gasteiger partial charge in [-0.05, 0) is 25.1 Å². The SMILES string of the molecule is Cc1sc(CN2CCOCC2)nc1-c1cc(F)ccc1F. The van der Waals surface area contributed by atoms with E-state index in [2.05, 4.69) is 9.88 Å². The Morgan fingerprint density at radius 1 is 1.29 bits per heavy atom. The molecule has 0 aliphatic carbocycles. The number of rotatable bonds is 3. The molecule has 0 bridgehead atoms. The second-order valence-electron chi connectivity index (χ2n) is 5.03. The highest BCUT2D eigenvalue weighted by Crippen LogP contribution is 2.30. The van der Waals surface area contributed by atoms with Crippen LogP contribution in [0.3, 0.4) is 0 Å². The molecule has 1 aliphatic heterocycles. The Bertz CT molecular complexity index is 639. The first-order chi connectivity index (χ1) is 10.1.